The molecule has 3 heterocycles. The van der Waals surface area contributed by atoms with E-state index < -0.39 is 0 Å². The van der Waals surface area contributed by atoms with Gasteiger partial charge in [0.25, 0.3) is 0 Å². The molecule has 1 aliphatic rings. The molecular formula is C21H23N5O3. The van der Waals surface area contributed by atoms with E-state index in [9.17, 15) is 9.59 Å². The van der Waals surface area contributed by atoms with Crippen molar-refractivity contribution < 1.29 is 14.0 Å². The number of fused-ring (bicyclic) bond motifs is 1. The molecule has 8 heteroatoms. The van der Waals surface area contributed by atoms with E-state index in [1.807, 2.05) is 23.1 Å². The molecule has 0 aliphatic carbocycles. The molecule has 29 heavy (non-hydrogen) atoms. The number of piperidine rings is 1. The largest absolute Gasteiger partial charge is 0.440 e. The lowest BCUT2D eigenvalue weighted by Crippen LogP contribution is -2.36. The first kappa shape index (κ1) is 18.9. The van der Waals surface area contributed by atoms with Crippen LogP contribution in [0.1, 0.15) is 30.7 Å². The lowest BCUT2D eigenvalue weighted by Gasteiger charge is -2.26. The molecule has 1 saturated heterocycles. The molecule has 1 fully saturated rings. The summed E-state index contributed by atoms with van der Waals surface area (Å²) in [5.41, 5.74) is 2.71. The van der Waals surface area contributed by atoms with Gasteiger partial charge in [-0.15, -0.1) is 0 Å². The molecule has 0 unspecified atom stereocenters. The molecule has 0 radical (unpaired) electrons. The second-order valence-electron chi connectivity index (χ2n) is 7.04. The highest BCUT2D eigenvalue weighted by molar-refractivity contribution is 5.89. The second kappa shape index (κ2) is 8.72. The van der Waals surface area contributed by atoms with Crippen LogP contribution in [0.4, 0.5) is 10.5 Å². The molecule has 0 atom stereocenters. The van der Waals surface area contributed by atoms with Gasteiger partial charge in [0.15, 0.2) is 5.58 Å². The fraction of sp³-hybridized carbons (Fsp3) is 0.333. The summed E-state index contributed by atoms with van der Waals surface area (Å²) >= 11 is 0. The average Bonchev–Trinajstić information content (AvgIpc) is 3.16. The molecule has 1 aromatic carbocycles. The predicted octanol–water partition coefficient (Wildman–Crippen LogP) is 3.10. The number of hydrogen-bond donors (Lipinski definition) is 2. The van der Waals surface area contributed by atoms with Crippen molar-refractivity contribution in [2.45, 2.75) is 32.2 Å². The summed E-state index contributed by atoms with van der Waals surface area (Å²) in [5.74, 6) is 0.453. The zero-order valence-electron chi connectivity index (χ0n) is 16.1. The molecule has 0 bridgehead atoms. The summed E-state index contributed by atoms with van der Waals surface area (Å²) in [6, 6.07) is 8.72. The number of nitrogens with one attached hydrogen (secondary N) is 2. The lowest BCUT2D eigenvalue weighted by molar-refractivity contribution is -0.131. The fourth-order valence-electron chi connectivity index (χ4n) is 3.44. The van der Waals surface area contributed by atoms with Crippen LogP contribution in [-0.4, -0.2) is 39.9 Å². The van der Waals surface area contributed by atoms with Crippen LogP contribution in [0, 0.1) is 0 Å². The van der Waals surface area contributed by atoms with Gasteiger partial charge in [-0.2, -0.15) is 0 Å². The third-order valence-corrected chi connectivity index (χ3v) is 4.92. The Morgan fingerprint density at radius 2 is 1.97 bits per heavy atom. The lowest BCUT2D eigenvalue weighted by atomic mass is 10.1. The molecular weight excluding hydrogens is 370 g/mol. The number of pyridine rings is 1. The number of carbonyl (C=O) groups excluding carboxylic acids is 2. The van der Waals surface area contributed by atoms with Crippen LogP contribution in [0.25, 0.3) is 11.1 Å². The maximum absolute atomic E-state index is 12.5. The van der Waals surface area contributed by atoms with Gasteiger partial charge in [0.2, 0.25) is 11.8 Å². The van der Waals surface area contributed by atoms with Crippen LogP contribution < -0.4 is 10.6 Å². The van der Waals surface area contributed by atoms with E-state index in [1.54, 1.807) is 24.5 Å². The third kappa shape index (κ3) is 4.71. The minimum atomic E-state index is -0.334. The Kier molecular flexibility index (Phi) is 5.69. The van der Waals surface area contributed by atoms with Gasteiger partial charge in [0, 0.05) is 31.4 Å². The number of anilines is 1. The number of rotatable bonds is 5. The van der Waals surface area contributed by atoms with Crippen molar-refractivity contribution in [3.05, 3.63) is 54.2 Å². The summed E-state index contributed by atoms with van der Waals surface area (Å²) in [4.78, 5) is 34.9. The van der Waals surface area contributed by atoms with Crippen molar-refractivity contribution in [1.82, 2.24) is 20.2 Å². The highest BCUT2D eigenvalue weighted by Crippen LogP contribution is 2.21. The maximum atomic E-state index is 12.5. The summed E-state index contributed by atoms with van der Waals surface area (Å²) in [6.07, 6.45) is 6.65. The summed E-state index contributed by atoms with van der Waals surface area (Å²) < 4.78 is 5.78. The van der Waals surface area contributed by atoms with E-state index >= 15 is 0 Å². The molecule has 8 nitrogen and oxygen atoms in total. The van der Waals surface area contributed by atoms with Crippen LogP contribution in [0.2, 0.25) is 0 Å². The van der Waals surface area contributed by atoms with Crippen LogP contribution in [0.5, 0.6) is 0 Å². The summed E-state index contributed by atoms with van der Waals surface area (Å²) in [5, 5.41) is 5.53. The smallest absolute Gasteiger partial charge is 0.319 e. The van der Waals surface area contributed by atoms with Crippen molar-refractivity contribution in [3.63, 3.8) is 0 Å². The van der Waals surface area contributed by atoms with Crippen LogP contribution in [0.3, 0.4) is 0 Å². The normalized spacial score (nSPS) is 14.0. The van der Waals surface area contributed by atoms with E-state index in [2.05, 4.69) is 20.6 Å². The summed E-state index contributed by atoms with van der Waals surface area (Å²) in [7, 11) is 0. The molecule has 0 saturated carbocycles. The van der Waals surface area contributed by atoms with Gasteiger partial charge in [-0.05, 0) is 37.5 Å². The molecule has 0 spiro atoms. The van der Waals surface area contributed by atoms with E-state index in [4.69, 9.17) is 4.42 Å². The van der Waals surface area contributed by atoms with Crippen molar-refractivity contribution in [3.8, 4) is 0 Å². The Morgan fingerprint density at radius 1 is 1.10 bits per heavy atom. The van der Waals surface area contributed by atoms with Crippen molar-refractivity contribution in [1.29, 1.82) is 0 Å². The molecule has 3 aromatic rings. The number of oxazole rings is 1. The van der Waals surface area contributed by atoms with Gasteiger partial charge in [-0.3, -0.25) is 9.78 Å². The molecule has 150 valence electrons. The fourth-order valence-corrected chi connectivity index (χ4v) is 3.44. The highest BCUT2D eigenvalue weighted by atomic mass is 16.3. The molecule has 2 N–H and O–H groups in total. The molecule has 1 aliphatic heterocycles. The standard InChI is InChI=1S/C21H23N5O3/c27-19(26-10-2-1-3-11-26)12-18-25-20-15(6-4-8-17(20)29-18)13-23-21(28)24-16-7-5-9-22-14-16/h4-9,14H,1-3,10-13H2,(H2,23,24,28). The number of hydrogen-bond acceptors (Lipinski definition) is 5. The third-order valence-electron chi connectivity index (χ3n) is 4.92. The Balaban J connectivity index is 1.41. The predicted molar refractivity (Wildman–Crippen MR) is 108 cm³/mol. The molecule has 4 rings (SSSR count). The first-order valence-electron chi connectivity index (χ1n) is 9.79. The number of amides is 3. The monoisotopic (exact) mass is 393 g/mol. The second-order valence-corrected chi connectivity index (χ2v) is 7.04. The maximum Gasteiger partial charge on any atom is 0.319 e. The van der Waals surface area contributed by atoms with Gasteiger partial charge >= 0.3 is 6.03 Å². The number of carbonyl (C=O) groups is 2. The van der Waals surface area contributed by atoms with Crippen LogP contribution in [0.15, 0.2) is 47.1 Å². The van der Waals surface area contributed by atoms with E-state index in [0.29, 0.717) is 22.7 Å². The van der Waals surface area contributed by atoms with Gasteiger partial charge in [-0.1, -0.05) is 12.1 Å². The molecule has 2 aromatic heterocycles. The topological polar surface area (TPSA) is 100 Å². The Bertz CT molecular complexity index is 996. The van der Waals surface area contributed by atoms with E-state index in [1.165, 1.54) is 6.42 Å². The number of benzene rings is 1. The Labute approximate surface area is 168 Å². The first-order chi connectivity index (χ1) is 14.2. The molecule has 3 amide bonds. The van der Waals surface area contributed by atoms with Crippen molar-refractivity contribution in [2.75, 3.05) is 18.4 Å². The number of urea groups is 1. The van der Waals surface area contributed by atoms with Crippen molar-refractivity contribution >= 4 is 28.7 Å². The zero-order valence-corrected chi connectivity index (χ0v) is 16.1. The average molecular weight is 393 g/mol. The van der Waals surface area contributed by atoms with Gasteiger partial charge in [0.1, 0.15) is 11.9 Å². The van der Waals surface area contributed by atoms with Gasteiger partial charge in [0.05, 0.1) is 11.9 Å². The summed E-state index contributed by atoms with van der Waals surface area (Å²) in [6.45, 7) is 1.90. The first-order valence-corrected chi connectivity index (χ1v) is 9.79. The minimum Gasteiger partial charge on any atom is -0.440 e. The van der Waals surface area contributed by atoms with Crippen molar-refractivity contribution in [2.24, 2.45) is 0 Å². The number of aromatic nitrogens is 2. The SMILES string of the molecule is O=C(NCc1cccc2oc(CC(=O)N3CCCCC3)nc12)Nc1cccnc1. The number of likely N-dealkylation sites (tertiary alicyclic amines) is 1. The quantitative estimate of drug-likeness (QED) is 0.694. The van der Waals surface area contributed by atoms with E-state index in [-0.39, 0.29) is 24.9 Å². The van der Waals surface area contributed by atoms with Gasteiger partial charge in [-0.25, -0.2) is 9.78 Å². The van der Waals surface area contributed by atoms with Gasteiger partial charge < -0.3 is 20.0 Å². The Hall–Kier alpha value is -3.42. The number of nitrogens with zero attached hydrogens (tertiary/aromatic N) is 3. The van der Waals surface area contributed by atoms with Crippen LogP contribution >= 0.6 is 0 Å². The Morgan fingerprint density at radius 3 is 2.76 bits per heavy atom. The zero-order chi connectivity index (χ0) is 20.1. The van der Waals surface area contributed by atoms with Crippen LogP contribution in [-0.2, 0) is 17.8 Å². The number of para-hydroxylation sites is 1. The minimum absolute atomic E-state index is 0.0479. The highest BCUT2D eigenvalue weighted by Gasteiger charge is 2.20. The van der Waals surface area contributed by atoms with E-state index in [0.717, 1.165) is 31.5 Å².